The zero-order valence-corrected chi connectivity index (χ0v) is 12.7. The van der Waals surface area contributed by atoms with Crippen molar-refractivity contribution in [3.63, 3.8) is 0 Å². The van der Waals surface area contributed by atoms with Crippen LogP contribution in [0.3, 0.4) is 0 Å². The van der Waals surface area contributed by atoms with Gasteiger partial charge in [-0.25, -0.2) is 8.78 Å². The highest BCUT2D eigenvalue weighted by atomic mass is 35.5. The van der Waals surface area contributed by atoms with Crippen LogP contribution >= 0.6 is 23.4 Å². The van der Waals surface area contributed by atoms with E-state index in [0.29, 0.717) is 22.8 Å². The zero-order chi connectivity index (χ0) is 15.2. The molecule has 0 fully saturated rings. The molecule has 2 aromatic carbocycles. The lowest BCUT2D eigenvalue weighted by Crippen LogP contribution is -2.38. The first kappa shape index (κ1) is 16.2. The van der Waals surface area contributed by atoms with Gasteiger partial charge in [-0.2, -0.15) is 0 Å². The fraction of sp³-hybridized carbons (Fsp3) is 0.200. The Hall–Kier alpha value is -1.14. The van der Waals surface area contributed by atoms with E-state index in [0.717, 1.165) is 11.0 Å². The van der Waals surface area contributed by atoms with E-state index in [1.165, 1.54) is 12.1 Å². The molecular formula is C15H15ClF2N2S. The van der Waals surface area contributed by atoms with Crippen LogP contribution in [0.5, 0.6) is 0 Å². The number of halogens is 3. The predicted molar refractivity (Wildman–Crippen MR) is 83.3 cm³/mol. The average molecular weight is 329 g/mol. The van der Waals surface area contributed by atoms with E-state index in [1.54, 1.807) is 17.8 Å². The van der Waals surface area contributed by atoms with Crippen LogP contribution in [-0.2, 0) is 6.42 Å². The Morgan fingerprint density at radius 2 is 1.86 bits per heavy atom. The molecule has 0 saturated carbocycles. The Balaban J connectivity index is 1.96. The molecule has 2 aromatic rings. The van der Waals surface area contributed by atoms with Gasteiger partial charge < -0.3 is 0 Å². The number of thioether (sulfide) groups is 1. The highest BCUT2D eigenvalue weighted by Crippen LogP contribution is 2.23. The van der Waals surface area contributed by atoms with Gasteiger partial charge in [0, 0.05) is 27.8 Å². The molecule has 112 valence electrons. The third-order valence-corrected chi connectivity index (χ3v) is 4.28. The largest absolute Gasteiger partial charge is 0.271 e. The van der Waals surface area contributed by atoms with Gasteiger partial charge in [-0.3, -0.25) is 11.3 Å². The van der Waals surface area contributed by atoms with Crippen LogP contribution in [0.25, 0.3) is 0 Å². The summed E-state index contributed by atoms with van der Waals surface area (Å²) in [6, 6.07) is 10.9. The monoisotopic (exact) mass is 328 g/mol. The molecule has 0 aliphatic heterocycles. The van der Waals surface area contributed by atoms with Crippen molar-refractivity contribution in [1.29, 1.82) is 0 Å². The van der Waals surface area contributed by atoms with E-state index >= 15 is 0 Å². The van der Waals surface area contributed by atoms with Crippen molar-refractivity contribution < 1.29 is 8.78 Å². The average Bonchev–Trinajstić information content (AvgIpc) is 2.42. The number of hydrazine groups is 1. The summed E-state index contributed by atoms with van der Waals surface area (Å²) in [4.78, 5) is 1.02. The van der Waals surface area contributed by atoms with E-state index in [4.69, 9.17) is 17.4 Å². The van der Waals surface area contributed by atoms with Gasteiger partial charge in [-0.1, -0.05) is 17.7 Å². The fourth-order valence-electron chi connectivity index (χ4n) is 1.93. The summed E-state index contributed by atoms with van der Waals surface area (Å²) in [5, 5.41) is 0.671. The number of rotatable bonds is 6. The number of benzene rings is 2. The minimum atomic E-state index is -0.580. The lowest BCUT2D eigenvalue weighted by molar-refractivity contribution is 0.556. The molecule has 0 amide bonds. The van der Waals surface area contributed by atoms with Gasteiger partial charge in [0.05, 0.1) is 0 Å². The summed E-state index contributed by atoms with van der Waals surface area (Å²) in [6.45, 7) is 0. The number of hydrogen-bond donors (Lipinski definition) is 2. The number of nitrogens with one attached hydrogen (secondary N) is 1. The molecule has 1 unspecified atom stereocenters. The first-order valence-corrected chi connectivity index (χ1v) is 7.72. The summed E-state index contributed by atoms with van der Waals surface area (Å²) < 4.78 is 26.3. The maximum Gasteiger partial charge on any atom is 0.126 e. The molecule has 0 bridgehead atoms. The zero-order valence-electron chi connectivity index (χ0n) is 11.2. The van der Waals surface area contributed by atoms with Crippen molar-refractivity contribution in [3.8, 4) is 0 Å². The molecular weight excluding hydrogens is 314 g/mol. The van der Waals surface area contributed by atoms with Crippen molar-refractivity contribution in [1.82, 2.24) is 5.43 Å². The van der Waals surface area contributed by atoms with Gasteiger partial charge in [-0.05, 0) is 42.3 Å². The fourth-order valence-corrected chi connectivity index (χ4v) is 3.18. The topological polar surface area (TPSA) is 38.0 Å². The Labute approximate surface area is 131 Å². The molecule has 0 radical (unpaired) electrons. The predicted octanol–water partition coefficient (Wildman–Crippen LogP) is 3.78. The van der Waals surface area contributed by atoms with Gasteiger partial charge in [0.2, 0.25) is 0 Å². The van der Waals surface area contributed by atoms with E-state index in [-0.39, 0.29) is 6.04 Å². The van der Waals surface area contributed by atoms with Crippen LogP contribution in [0.15, 0.2) is 47.4 Å². The van der Waals surface area contributed by atoms with Crippen molar-refractivity contribution in [2.75, 3.05) is 5.75 Å². The third-order valence-electron chi connectivity index (χ3n) is 2.89. The van der Waals surface area contributed by atoms with Crippen molar-refractivity contribution in [2.45, 2.75) is 17.4 Å². The maximum absolute atomic E-state index is 13.2. The molecule has 2 rings (SSSR count). The van der Waals surface area contributed by atoms with E-state index < -0.39 is 11.6 Å². The molecule has 0 spiro atoms. The Morgan fingerprint density at radius 1 is 1.14 bits per heavy atom. The molecule has 21 heavy (non-hydrogen) atoms. The Kier molecular flexibility index (Phi) is 5.99. The molecule has 1 atom stereocenters. The third kappa shape index (κ3) is 5.28. The van der Waals surface area contributed by atoms with Gasteiger partial charge in [-0.15, -0.1) is 11.8 Å². The van der Waals surface area contributed by atoms with E-state index in [2.05, 4.69) is 5.43 Å². The summed E-state index contributed by atoms with van der Waals surface area (Å²) in [5.74, 6) is 5.01. The lowest BCUT2D eigenvalue weighted by Gasteiger charge is -2.16. The lowest BCUT2D eigenvalue weighted by atomic mass is 10.1. The smallest absolute Gasteiger partial charge is 0.126 e. The number of hydrogen-bond acceptors (Lipinski definition) is 3. The number of nitrogens with two attached hydrogens (primary N) is 1. The van der Waals surface area contributed by atoms with Crippen LogP contribution in [0.1, 0.15) is 5.56 Å². The second-order valence-corrected chi connectivity index (χ2v) is 6.14. The van der Waals surface area contributed by atoms with Crippen LogP contribution in [0.4, 0.5) is 8.78 Å². The van der Waals surface area contributed by atoms with Crippen molar-refractivity contribution >= 4 is 23.4 Å². The molecule has 0 saturated heterocycles. The van der Waals surface area contributed by atoms with Crippen molar-refractivity contribution in [3.05, 3.63) is 64.7 Å². The SMILES string of the molecule is NNC(CSc1cccc(Cl)c1)Cc1cc(F)cc(F)c1. The molecule has 3 N–H and O–H groups in total. The van der Waals surface area contributed by atoms with E-state index in [9.17, 15) is 8.78 Å². The summed E-state index contributed by atoms with van der Waals surface area (Å²) in [5.41, 5.74) is 3.25. The van der Waals surface area contributed by atoms with Crippen LogP contribution in [-0.4, -0.2) is 11.8 Å². The maximum atomic E-state index is 13.2. The quantitative estimate of drug-likeness (QED) is 0.481. The second-order valence-electron chi connectivity index (χ2n) is 4.61. The summed E-state index contributed by atoms with van der Waals surface area (Å²) in [7, 11) is 0. The van der Waals surface area contributed by atoms with Crippen LogP contribution in [0, 0.1) is 11.6 Å². The molecule has 0 aliphatic rings. The first-order chi connectivity index (χ1) is 10.1. The Bertz CT molecular complexity index is 590. The second kappa shape index (κ2) is 7.75. The first-order valence-electron chi connectivity index (χ1n) is 6.36. The summed E-state index contributed by atoms with van der Waals surface area (Å²) in [6.07, 6.45) is 0.443. The molecule has 0 heterocycles. The standard InChI is InChI=1S/C15H15ClF2N2S/c16-11-2-1-3-15(7-11)21-9-14(20-19)6-10-4-12(17)8-13(18)5-10/h1-5,7-8,14,20H,6,9,19H2. The Morgan fingerprint density at radius 3 is 2.48 bits per heavy atom. The van der Waals surface area contributed by atoms with Gasteiger partial charge in [0.25, 0.3) is 0 Å². The molecule has 6 heteroatoms. The van der Waals surface area contributed by atoms with Gasteiger partial charge in [0.1, 0.15) is 11.6 Å². The normalized spacial score (nSPS) is 12.4. The molecule has 0 aliphatic carbocycles. The highest BCUT2D eigenvalue weighted by molar-refractivity contribution is 7.99. The minimum absolute atomic E-state index is 0.102. The summed E-state index contributed by atoms with van der Waals surface area (Å²) >= 11 is 7.50. The van der Waals surface area contributed by atoms with E-state index in [1.807, 2.05) is 18.2 Å². The van der Waals surface area contributed by atoms with Gasteiger partial charge in [0.15, 0.2) is 0 Å². The minimum Gasteiger partial charge on any atom is -0.271 e. The van der Waals surface area contributed by atoms with Crippen LogP contribution in [0.2, 0.25) is 5.02 Å². The van der Waals surface area contributed by atoms with Crippen LogP contribution < -0.4 is 11.3 Å². The van der Waals surface area contributed by atoms with Gasteiger partial charge >= 0.3 is 0 Å². The highest BCUT2D eigenvalue weighted by Gasteiger charge is 2.10. The molecule has 0 aromatic heterocycles. The molecule has 2 nitrogen and oxygen atoms in total. The van der Waals surface area contributed by atoms with Crippen molar-refractivity contribution in [2.24, 2.45) is 5.84 Å².